The molecule has 0 radical (unpaired) electrons. The molecule has 1 fully saturated rings. The summed E-state index contributed by atoms with van der Waals surface area (Å²) in [5.41, 5.74) is 4.17. The van der Waals surface area contributed by atoms with E-state index < -0.39 is 0 Å². The van der Waals surface area contributed by atoms with Crippen molar-refractivity contribution in [1.82, 2.24) is 19.4 Å². The second-order valence-electron chi connectivity index (χ2n) is 7.89. The van der Waals surface area contributed by atoms with E-state index in [2.05, 4.69) is 55.4 Å². The van der Waals surface area contributed by atoms with E-state index in [1.54, 1.807) is 11.3 Å². The Bertz CT molecular complexity index is 962. The van der Waals surface area contributed by atoms with Crippen molar-refractivity contribution in [3.05, 3.63) is 52.3 Å². The van der Waals surface area contributed by atoms with Gasteiger partial charge in [-0.25, -0.2) is 4.98 Å². The lowest BCUT2D eigenvalue weighted by molar-refractivity contribution is 0.0627. The molecule has 0 aliphatic carbocycles. The highest BCUT2D eigenvalue weighted by Crippen LogP contribution is 2.24. The van der Waals surface area contributed by atoms with Crippen LogP contribution in [0.15, 0.2) is 30.3 Å². The summed E-state index contributed by atoms with van der Waals surface area (Å²) in [6.45, 7) is 12.7. The predicted molar refractivity (Wildman–Crippen MR) is 115 cm³/mol. The van der Waals surface area contributed by atoms with E-state index in [4.69, 9.17) is 4.98 Å². The van der Waals surface area contributed by atoms with Crippen molar-refractivity contribution >= 4 is 27.5 Å². The molecule has 148 valence electrons. The smallest absolute Gasteiger partial charge is 0.255 e. The molecular weight excluding hydrogens is 368 g/mol. The molecule has 1 aromatic carbocycles. The van der Waals surface area contributed by atoms with Gasteiger partial charge in [0.2, 0.25) is 0 Å². The summed E-state index contributed by atoms with van der Waals surface area (Å²) in [4.78, 5) is 22.2. The number of benzene rings is 1. The van der Waals surface area contributed by atoms with E-state index in [1.165, 1.54) is 4.70 Å². The number of para-hydroxylation sites is 1. The standard InChI is InChI=1S/C22H28N4OS/c1-15(2)26-16(3)13-18(17(26)4)22(27)25-11-9-24(10-12-25)14-21-23-19-7-5-6-8-20(19)28-21/h5-8,13,15H,9-12,14H2,1-4H3. The third-order valence-corrected chi connectivity index (χ3v) is 6.61. The third-order valence-electron chi connectivity index (χ3n) is 5.59. The fourth-order valence-electron chi connectivity index (χ4n) is 4.25. The van der Waals surface area contributed by atoms with E-state index in [0.29, 0.717) is 6.04 Å². The van der Waals surface area contributed by atoms with Crippen LogP contribution >= 0.6 is 11.3 Å². The highest BCUT2D eigenvalue weighted by molar-refractivity contribution is 7.18. The molecule has 0 saturated carbocycles. The Balaban J connectivity index is 1.40. The first-order valence-electron chi connectivity index (χ1n) is 9.98. The molecule has 0 atom stereocenters. The Kier molecular flexibility index (Phi) is 5.25. The maximum atomic E-state index is 13.1. The minimum atomic E-state index is 0.166. The number of carbonyl (C=O) groups excluding carboxylic acids is 1. The lowest BCUT2D eigenvalue weighted by Crippen LogP contribution is -2.48. The van der Waals surface area contributed by atoms with E-state index in [1.807, 2.05) is 17.0 Å². The zero-order valence-electron chi connectivity index (χ0n) is 17.1. The number of aromatic nitrogens is 2. The summed E-state index contributed by atoms with van der Waals surface area (Å²) < 4.78 is 3.49. The van der Waals surface area contributed by atoms with Crippen LogP contribution in [0.25, 0.3) is 10.2 Å². The zero-order valence-corrected chi connectivity index (χ0v) is 17.9. The lowest BCUT2D eigenvalue weighted by atomic mass is 10.2. The van der Waals surface area contributed by atoms with Crippen molar-refractivity contribution in [2.45, 2.75) is 40.3 Å². The van der Waals surface area contributed by atoms with Crippen molar-refractivity contribution < 1.29 is 4.79 Å². The van der Waals surface area contributed by atoms with E-state index in [0.717, 1.165) is 60.2 Å². The molecule has 1 aliphatic rings. The molecule has 4 rings (SSSR count). The zero-order chi connectivity index (χ0) is 19.8. The van der Waals surface area contributed by atoms with Gasteiger partial charge in [-0.2, -0.15) is 0 Å². The first kappa shape index (κ1) is 19.2. The summed E-state index contributed by atoms with van der Waals surface area (Å²) >= 11 is 1.77. The molecule has 0 spiro atoms. The number of piperazine rings is 1. The highest BCUT2D eigenvalue weighted by atomic mass is 32.1. The van der Waals surface area contributed by atoms with Gasteiger partial charge in [0.05, 0.1) is 22.3 Å². The first-order valence-corrected chi connectivity index (χ1v) is 10.8. The largest absolute Gasteiger partial charge is 0.346 e. The normalized spacial score (nSPS) is 15.7. The van der Waals surface area contributed by atoms with Crippen LogP contribution < -0.4 is 0 Å². The fourth-order valence-corrected chi connectivity index (χ4v) is 5.26. The van der Waals surface area contributed by atoms with Crippen molar-refractivity contribution in [2.24, 2.45) is 0 Å². The van der Waals surface area contributed by atoms with Gasteiger partial charge >= 0.3 is 0 Å². The molecule has 5 nitrogen and oxygen atoms in total. The molecule has 1 aliphatic heterocycles. The van der Waals surface area contributed by atoms with E-state index >= 15 is 0 Å². The minimum absolute atomic E-state index is 0.166. The first-order chi connectivity index (χ1) is 13.4. The maximum Gasteiger partial charge on any atom is 0.255 e. The Morgan fingerprint density at radius 3 is 2.50 bits per heavy atom. The predicted octanol–water partition coefficient (Wildman–Crippen LogP) is 4.25. The summed E-state index contributed by atoms with van der Waals surface area (Å²) in [5.74, 6) is 0.166. The fraction of sp³-hybridized carbons (Fsp3) is 0.455. The molecule has 0 bridgehead atoms. The van der Waals surface area contributed by atoms with Gasteiger partial charge in [0, 0.05) is 43.6 Å². The molecule has 2 aromatic heterocycles. The van der Waals surface area contributed by atoms with Gasteiger partial charge in [-0.1, -0.05) is 12.1 Å². The Morgan fingerprint density at radius 1 is 1.14 bits per heavy atom. The summed E-state index contributed by atoms with van der Waals surface area (Å²) in [6.07, 6.45) is 0. The van der Waals surface area contributed by atoms with Crippen LogP contribution in [0.4, 0.5) is 0 Å². The molecule has 3 heterocycles. The van der Waals surface area contributed by atoms with Gasteiger partial charge in [-0.3, -0.25) is 9.69 Å². The van der Waals surface area contributed by atoms with Gasteiger partial charge in [0.15, 0.2) is 0 Å². The van der Waals surface area contributed by atoms with Crippen LogP contribution in [0.2, 0.25) is 0 Å². The number of amides is 1. The van der Waals surface area contributed by atoms with Gasteiger partial charge < -0.3 is 9.47 Å². The topological polar surface area (TPSA) is 41.4 Å². The number of rotatable bonds is 4. The Labute approximate surface area is 170 Å². The van der Waals surface area contributed by atoms with E-state index in [9.17, 15) is 4.79 Å². The van der Waals surface area contributed by atoms with Crippen LogP contribution in [-0.2, 0) is 6.54 Å². The number of nitrogens with zero attached hydrogens (tertiary/aromatic N) is 4. The van der Waals surface area contributed by atoms with Crippen LogP contribution in [0.3, 0.4) is 0 Å². The quantitative estimate of drug-likeness (QED) is 0.662. The number of aryl methyl sites for hydroxylation is 1. The van der Waals surface area contributed by atoms with Crippen LogP contribution in [0.5, 0.6) is 0 Å². The van der Waals surface area contributed by atoms with Crippen molar-refractivity contribution in [3.63, 3.8) is 0 Å². The molecule has 3 aromatic rings. The van der Waals surface area contributed by atoms with Crippen LogP contribution in [0, 0.1) is 13.8 Å². The van der Waals surface area contributed by atoms with E-state index in [-0.39, 0.29) is 5.91 Å². The summed E-state index contributed by atoms with van der Waals surface area (Å²) in [5, 5.41) is 1.15. The average molecular weight is 397 g/mol. The minimum Gasteiger partial charge on any atom is -0.346 e. The molecular formula is C22H28N4OS. The maximum absolute atomic E-state index is 13.1. The third kappa shape index (κ3) is 3.59. The number of thiazole rings is 1. The molecule has 1 saturated heterocycles. The molecule has 0 N–H and O–H groups in total. The Hall–Kier alpha value is -2.18. The molecule has 1 amide bonds. The molecule has 0 unspecified atom stereocenters. The molecule has 6 heteroatoms. The van der Waals surface area contributed by atoms with Gasteiger partial charge in [0.1, 0.15) is 5.01 Å². The second-order valence-corrected chi connectivity index (χ2v) is 9.01. The van der Waals surface area contributed by atoms with Gasteiger partial charge in [-0.15, -0.1) is 11.3 Å². The van der Waals surface area contributed by atoms with Crippen molar-refractivity contribution in [3.8, 4) is 0 Å². The van der Waals surface area contributed by atoms with Crippen molar-refractivity contribution in [1.29, 1.82) is 0 Å². The second kappa shape index (κ2) is 7.68. The lowest BCUT2D eigenvalue weighted by Gasteiger charge is -2.34. The van der Waals surface area contributed by atoms with Crippen molar-refractivity contribution in [2.75, 3.05) is 26.2 Å². The number of hydrogen-bond donors (Lipinski definition) is 0. The SMILES string of the molecule is Cc1cc(C(=O)N2CCN(Cc3nc4ccccc4s3)CC2)c(C)n1C(C)C. The number of hydrogen-bond acceptors (Lipinski definition) is 4. The Morgan fingerprint density at radius 2 is 1.86 bits per heavy atom. The average Bonchev–Trinajstić information content (AvgIpc) is 3.21. The van der Waals surface area contributed by atoms with Gasteiger partial charge in [0.25, 0.3) is 5.91 Å². The molecule has 28 heavy (non-hydrogen) atoms. The summed E-state index contributed by atoms with van der Waals surface area (Å²) in [7, 11) is 0. The number of carbonyl (C=O) groups is 1. The van der Waals surface area contributed by atoms with Gasteiger partial charge in [-0.05, 0) is 45.9 Å². The van der Waals surface area contributed by atoms with Crippen LogP contribution in [0.1, 0.15) is 46.6 Å². The van der Waals surface area contributed by atoms with Crippen LogP contribution in [-0.4, -0.2) is 51.4 Å². The highest BCUT2D eigenvalue weighted by Gasteiger charge is 2.26. The monoisotopic (exact) mass is 396 g/mol. The summed E-state index contributed by atoms with van der Waals surface area (Å²) in [6, 6.07) is 10.7. The number of fused-ring (bicyclic) bond motifs is 1.